The molecule has 1 aliphatic heterocycles. The van der Waals surface area contributed by atoms with E-state index in [2.05, 4.69) is 5.32 Å². The van der Waals surface area contributed by atoms with Gasteiger partial charge in [-0.25, -0.2) is 8.78 Å². The minimum Gasteiger partial charge on any atom is -0.316 e. The van der Waals surface area contributed by atoms with Crippen LogP contribution >= 0.6 is 0 Å². The highest BCUT2D eigenvalue weighted by atomic mass is 19.3. The number of nitrogens with one attached hydrogen (secondary N) is 1. The normalized spacial score (nSPS) is 17.9. The van der Waals surface area contributed by atoms with Gasteiger partial charge in [0.25, 0.3) is 5.92 Å². The van der Waals surface area contributed by atoms with Gasteiger partial charge in [0, 0.05) is 18.7 Å². The lowest BCUT2D eigenvalue weighted by Crippen LogP contribution is -2.50. The van der Waals surface area contributed by atoms with Crippen LogP contribution in [-0.2, 0) is 5.92 Å². The van der Waals surface area contributed by atoms with Gasteiger partial charge in [0.05, 0.1) is 5.92 Å². The van der Waals surface area contributed by atoms with Crippen molar-refractivity contribution in [1.82, 2.24) is 5.32 Å². The number of benzene rings is 1. The lowest BCUT2D eigenvalue weighted by molar-refractivity contribution is -0.0839. The molecule has 1 aromatic carbocycles. The van der Waals surface area contributed by atoms with Gasteiger partial charge in [-0.05, 0) is 12.5 Å². The summed E-state index contributed by atoms with van der Waals surface area (Å²) in [5.74, 6) is -3.22. The zero-order valence-electron chi connectivity index (χ0n) is 8.06. The molecule has 1 nitrogen and oxygen atoms in total. The van der Waals surface area contributed by atoms with Crippen LogP contribution in [0.4, 0.5) is 8.78 Å². The van der Waals surface area contributed by atoms with Crippen molar-refractivity contribution in [1.29, 1.82) is 0 Å². The molecule has 1 aliphatic rings. The van der Waals surface area contributed by atoms with Crippen LogP contribution in [0.3, 0.4) is 0 Å². The van der Waals surface area contributed by atoms with Crippen molar-refractivity contribution in [3.8, 4) is 0 Å². The van der Waals surface area contributed by atoms with Gasteiger partial charge < -0.3 is 5.32 Å². The Labute approximate surface area is 82.1 Å². The highest BCUT2D eigenvalue weighted by Crippen LogP contribution is 2.39. The maximum Gasteiger partial charge on any atom is 0.278 e. The number of hydrogen-bond acceptors (Lipinski definition) is 1. The van der Waals surface area contributed by atoms with E-state index < -0.39 is 11.8 Å². The first-order valence-electron chi connectivity index (χ1n) is 4.77. The third-order valence-corrected chi connectivity index (χ3v) is 2.80. The summed E-state index contributed by atoms with van der Waals surface area (Å²) < 4.78 is 27.6. The Kier molecular flexibility index (Phi) is 2.27. The molecule has 1 aromatic rings. The van der Waals surface area contributed by atoms with Gasteiger partial charge >= 0.3 is 0 Å². The molecule has 3 heteroatoms. The Morgan fingerprint density at radius 1 is 1.29 bits per heavy atom. The zero-order chi connectivity index (χ0) is 10.2. The quantitative estimate of drug-likeness (QED) is 0.767. The Morgan fingerprint density at radius 3 is 2.43 bits per heavy atom. The fourth-order valence-corrected chi connectivity index (χ4v) is 1.71. The molecule has 1 saturated heterocycles. The summed E-state index contributed by atoms with van der Waals surface area (Å²) in [5.41, 5.74) is 0.843. The second kappa shape index (κ2) is 3.31. The zero-order valence-corrected chi connectivity index (χ0v) is 8.06. The number of rotatable bonds is 2. The number of halogens is 2. The Hall–Kier alpha value is -0.960. The van der Waals surface area contributed by atoms with Gasteiger partial charge in [0.2, 0.25) is 0 Å². The average Bonchev–Trinajstić information content (AvgIpc) is 2.00. The lowest BCUT2D eigenvalue weighted by atomic mass is 9.88. The van der Waals surface area contributed by atoms with Gasteiger partial charge in [-0.2, -0.15) is 0 Å². The smallest absolute Gasteiger partial charge is 0.278 e. The summed E-state index contributed by atoms with van der Waals surface area (Å²) in [6, 6.07) is 6.71. The maximum atomic E-state index is 13.8. The van der Waals surface area contributed by atoms with Gasteiger partial charge in [-0.1, -0.05) is 24.3 Å². The van der Waals surface area contributed by atoms with E-state index in [1.807, 2.05) is 0 Å². The summed E-state index contributed by atoms with van der Waals surface area (Å²) in [5, 5.41) is 2.88. The number of alkyl halides is 2. The molecule has 0 bridgehead atoms. The second-order valence-corrected chi connectivity index (χ2v) is 3.79. The van der Waals surface area contributed by atoms with Crippen LogP contribution in [-0.4, -0.2) is 13.1 Å². The molecule has 14 heavy (non-hydrogen) atoms. The molecule has 0 amide bonds. The van der Waals surface area contributed by atoms with Gasteiger partial charge in [0.15, 0.2) is 0 Å². The van der Waals surface area contributed by atoms with Crippen LogP contribution in [0, 0.1) is 12.8 Å². The van der Waals surface area contributed by atoms with E-state index in [0.717, 1.165) is 0 Å². The average molecular weight is 197 g/mol. The molecule has 0 atom stereocenters. The van der Waals surface area contributed by atoms with Crippen LogP contribution < -0.4 is 5.32 Å². The van der Waals surface area contributed by atoms with Gasteiger partial charge in [-0.15, -0.1) is 0 Å². The van der Waals surface area contributed by atoms with Crippen LogP contribution in [0.5, 0.6) is 0 Å². The van der Waals surface area contributed by atoms with E-state index in [4.69, 9.17) is 0 Å². The predicted octanol–water partition coefficient (Wildman–Crippen LogP) is 2.31. The first kappa shape index (κ1) is 9.59. The Bertz CT molecular complexity index is 332. The predicted molar refractivity (Wildman–Crippen MR) is 51.4 cm³/mol. The molecule has 0 unspecified atom stereocenters. The molecular weight excluding hydrogens is 184 g/mol. The first-order valence-corrected chi connectivity index (χ1v) is 4.77. The highest BCUT2D eigenvalue weighted by Gasteiger charge is 2.45. The van der Waals surface area contributed by atoms with Crippen molar-refractivity contribution in [2.24, 2.45) is 5.92 Å². The minimum atomic E-state index is -2.68. The van der Waals surface area contributed by atoms with E-state index in [-0.39, 0.29) is 5.56 Å². The van der Waals surface area contributed by atoms with E-state index in [1.54, 1.807) is 25.1 Å². The summed E-state index contributed by atoms with van der Waals surface area (Å²) in [7, 11) is 0. The number of hydrogen-bond donors (Lipinski definition) is 1. The monoisotopic (exact) mass is 197 g/mol. The van der Waals surface area contributed by atoms with Crippen LogP contribution in [0.25, 0.3) is 0 Å². The second-order valence-electron chi connectivity index (χ2n) is 3.79. The summed E-state index contributed by atoms with van der Waals surface area (Å²) in [6.07, 6.45) is 0. The third-order valence-electron chi connectivity index (χ3n) is 2.80. The fraction of sp³-hybridized carbons (Fsp3) is 0.455. The van der Waals surface area contributed by atoms with Crippen molar-refractivity contribution in [3.05, 3.63) is 35.4 Å². The van der Waals surface area contributed by atoms with Crippen molar-refractivity contribution in [2.45, 2.75) is 12.8 Å². The van der Waals surface area contributed by atoms with Crippen LogP contribution in [0.15, 0.2) is 24.3 Å². The minimum absolute atomic E-state index is 0.173. The van der Waals surface area contributed by atoms with Crippen molar-refractivity contribution in [2.75, 3.05) is 13.1 Å². The third kappa shape index (κ3) is 1.42. The molecule has 0 aliphatic carbocycles. The van der Waals surface area contributed by atoms with Crippen molar-refractivity contribution < 1.29 is 8.78 Å². The van der Waals surface area contributed by atoms with E-state index in [9.17, 15) is 8.78 Å². The van der Waals surface area contributed by atoms with E-state index in [1.165, 1.54) is 6.07 Å². The largest absolute Gasteiger partial charge is 0.316 e. The van der Waals surface area contributed by atoms with Crippen molar-refractivity contribution in [3.63, 3.8) is 0 Å². The topological polar surface area (TPSA) is 12.0 Å². The van der Waals surface area contributed by atoms with Gasteiger partial charge in [-0.3, -0.25) is 0 Å². The van der Waals surface area contributed by atoms with E-state index in [0.29, 0.717) is 18.7 Å². The summed E-state index contributed by atoms with van der Waals surface area (Å²) in [6.45, 7) is 2.57. The molecule has 1 fully saturated rings. The molecule has 76 valence electrons. The molecule has 2 rings (SSSR count). The molecule has 0 aromatic heterocycles. The highest BCUT2D eigenvalue weighted by molar-refractivity contribution is 5.30. The standard InChI is InChI=1S/C11H13F2N/c1-8-4-2-3-5-10(8)11(12,13)9-6-14-7-9/h2-5,9,14H,6-7H2,1H3. The SMILES string of the molecule is Cc1ccccc1C(F)(F)C1CNC1. The molecule has 0 radical (unpaired) electrons. The lowest BCUT2D eigenvalue weighted by Gasteiger charge is -2.35. The first-order chi connectivity index (χ1) is 6.62. The maximum absolute atomic E-state index is 13.8. The Balaban J connectivity index is 2.32. The van der Waals surface area contributed by atoms with Crippen LogP contribution in [0.2, 0.25) is 0 Å². The van der Waals surface area contributed by atoms with Crippen LogP contribution in [0.1, 0.15) is 11.1 Å². The molecule has 1 heterocycles. The molecule has 0 saturated carbocycles. The van der Waals surface area contributed by atoms with E-state index >= 15 is 0 Å². The molecule has 0 spiro atoms. The van der Waals surface area contributed by atoms with Gasteiger partial charge in [0.1, 0.15) is 0 Å². The summed E-state index contributed by atoms with van der Waals surface area (Å²) in [4.78, 5) is 0. The molecule has 1 N–H and O–H groups in total. The van der Waals surface area contributed by atoms with Crippen molar-refractivity contribution >= 4 is 0 Å². The molecular formula is C11H13F2N. The Morgan fingerprint density at radius 2 is 1.93 bits per heavy atom. The number of aryl methyl sites for hydroxylation is 1. The summed E-state index contributed by atoms with van der Waals surface area (Å²) >= 11 is 0. The fourth-order valence-electron chi connectivity index (χ4n) is 1.71.